The van der Waals surface area contributed by atoms with Gasteiger partial charge in [-0.3, -0.25) is 4.79 Å². The third kappa shape index (κ3) is 3.82. The van der Waals surface area contributed by atoms with E-state index < -0.39 is 24.0 Å². The van der Waals surface area contributed by atoms with Crippen molar-refractivity contribution in [2.45, 2.75) is 38.0 Å². The second kappa shape index (κ2) is 6.39. The summed E-state index contributed by atoms with van der Waals surface area (Å²) in [4.78, 5) is 11.4. The maximum absolute atomic E-state index is 12.6. The van der Waals surface area contributed by atoms with E-state index in [2.05, 4.69) is 0 Å². The fraction of sp³-hybridized carbons (Fsp3) is 0.533. The summed E-state index contributed by atoms with van der Waals surface area (Å²) in [6.45, 7) is 0.432. The Hall–Kier alpha value is -1.36. The topological polar surface area (TPSA) is 26.3 Å². The van der Waals surface area contributed by atoms with Gasteiger partial charge in [-0.05, 0) is 31.2 Å². The largest absolute Gasteiger partial charge is 0.450 e. The number of benzene rings is 1. The Bertz CT molecular complexity index is 442. The first-order valence-electron chi connectivity index (χ1n) is 6.75. The van der Waals surface area contributed by atoms with Crippen LogP contribution in [0.25, 0.3) is 0 Å². The van der Waals surface area contributed by atoms with Crippen molar-refractivity contribution < 1.29 is 22.7 Å². The van der Waals surface area contributed by atoms with E-state index in [1.807, 2.05) is 30.3 Å². The molecule has 5 heteroatoms. The molecule has 1 fully saturated rings. The molecule has 0 aromatic heterocycles. The quantitative estimate of drug-likeness (QED) is 0.846. The van der Waals surface area contributed by atoms with E-state index in [1.165, 1.54) is 0 Å². The Kier molecular flexibility index (Phi) is 4.81. The maximum Gasteiger partial charge on any atom is 0.450 e. The second-order valence-corrected chi connectivity index (χ2v) is 5.04. The molecule has 0 radical (unpaired) electrons. The lowest BCUT2D eigenvalue weighted by molar-refractivity contribution is -0.183. The van der Waals surface area contributed by atoms with Crippen molar-refractivity contribution in [3.05, 3.63) is 35.9 Å². The van der Waals surface area contributed by atoms with Gasteiger partial charge in [0.2, 0.25) is 5.78 Å². The summed E-state index contributed by atoms with van der Waals surface area (Å²) in [5.74, 6) is -2.69. The van der Waals surface area contributed by atoms with E-state index >= 15 is 0 Å². The number of halogens is 3. The average molecular weight is 286 g/mol. The molecule has 0 unspecified atom stereocenters. The van der Waals surface area contributed by atoms with Gasteiger partial charge in [0.05, 0.1) is 12.0 Å². The molecule has 2 atom stereocenters. The minimum atomic E-state index is -4.77. The molecule has 0 aliphatic carbocycles. The van der Waals surface area contributed by atoms with E-state index in [-0.39, 0.29) is 6.42 Å². The summed E-state index contributed by atoms with van der Waals surface area (Å²) < 4.78 is 43.1. The van der Waals surface area contributed by atoms with Crippen LogP contribution in [0.1, 0.15) is 24.8 Å². The zero-order valence-corrected chi connectivity index (χ0v) is 11.0. The van der Waals surface area contributed by atoms with Crippen LogP contribution in [0.2, 0.25) is 0 Å². The summed E-state index contributed by atoms with van der Waals surface area (Å²) in [5.41, 5.74) is 1.04. The molecule has 1 aliphatic rings. The number of ketones is 1. The van der Waals surface area contributed by atoms with Crippen molar-refractivity contribution in [1.82, 2.24) is 0 Å². The van der Waals surface area contributed by atoms with Crippen LogP contribution < -0.4 is 0 Å². The molecule has 1 aliphatic heterocycles. The third-order valence-corrected chi connectivity index (χ3v) is 3.62. The zero-order valence-electron chi connectivity index (χ0n) is 11.0. The van der Waals surface area contributed by atoms with E-state index in [0.717, 1.165) is 5.56 Å². The van der Waals surface area contributed by atoms with Crippen LogP contribution in [0.3, 0.4) is 0 Å². The van der Waals surface area contributed by atoms with Gasteiger partial charge < -0.3 is 4.74 Å². The van der Waals surface area contributed by atoms with E-state index in [1.54, 1.807) is 0 Å². The Labute approximate surface area is 115 Å². The number of hydrogen-bond donors (Lipinski definition) is 0. The highest BCUT2D eigenvalue weighted by molar-refractivity contribution is 5.86. The molecule has 0 spiro atoms. The highest BCUT2D eigenvalue weighted by Crippen LogP contribution is 2.31. The maximum atomic E-state index is 12.6. The molecule has 0 saturated carbocycles. The molecule has 1 aromatic carbocycles. The first kappa shape index (κ1) is 15.0. The van der Waals surface area contributed by atoms with Crippen molar-refractivity contribution in [3.8, 4) is 0 Å². The Balaban J connectivity index is 1.99. The van der Waals surface area contributed by atoms with Crippen molar-refractivity contribution >= 4 is 5.78 Å². The van der Waals surface area contributed by atoms with E-state index in [4.69, 9.17) is 4.74 Å². The molecule has 0 bridgehead atoms. The van der Waals surface area contributed by atoms with Crippen LogP contribution in [0.15, 0.2) is 30.3 Å². The van der Waals surface area contributed by atoms with Crippen LogP contribution in [0.5, 0.6) is 0 Å². The number of hydrogen-bond acceptors (Lipinski definition) is 2. The summed E-state index contributed by atoms with van der Waals surface area (Å²) in [6, 6.07) is 9.49. The fourth-order valence-electron chi connectivity index (χ4n) is 2.59. The number of rotatable bonds is 4. The van der Waals surface area contributed by atoms with E-state index in [0.29, 0.717) is 25.9 Å². The summed E-state index contributed by atoms with van der Waals surface area (Å²) in [5, 5.41) is 0. The van der Waals surface area contributed by atoms with Crippen LogP contribution in [0, 0.1) is 5.92 Å². The van der Waals surface area contributed by atoms with E-state index in [9.17, 15) is 18.0 Å². The molecule has 0 amide bonds. The summed E-state index contributed by atoms with van der Waals surface area (Å²) >= 11 is 0. The third-order valence-electron chi connectivity index (χ3n) is 3.62. The lowest BCUT2D eigenvalue weighted by atomic mass is 9.86. The molecular formula is C15H17F3O2. The Morgan fingerprint density at radius 1 is 1.25 bits per heavy atom. The predicted octanol–water partition coefficient (Wildman–Crippen LogP) is 3.55. The number of Topliss-reactive ketones (excluding diaryl/α,β-unsaturated/α-hetero) is 1. The van der Waals surface area contributed by atoms with Gasteiger partial charge in [0.25, 0.3) is 0 Å². The first-order chi connectivity index (χ1) is 9.48. The molecule has 1 heterocycles. The summed E-state index contributed by atoms with van der Waals surface area (Å²) in [7, 11) is 0. The number of carbonyl (C=O) groups is 1. The van der Waals surface area contributed by atoms with Crippen molar-refractivity contribution in [2.24, 2.45) is 5.92 Å². The van der Waals surface area contributed by atoms with Crippen LogP contribution in [-0.2, 0) is 16.0 Å². The minimum absolute atomic E-state index is 0.262. The van der Waals surface area contributed by atoms with Crippen LogP contribution >= 0.6 is 0 Å². The highest BCUT2D eigenvalue weighted by atomic mass is 19.4. The van der Waals surface area contributed by atoms with Crippen LogP contribution in [-0.4, -0.2) is 24.7 Å². The van der Waals surface area contributed by atoms with Gasteiger partial charge in [0.15, 0.2) is 0 Å². The average Bonchev–Trinajstić information content (AvgIpc) is 2.45. The molecule has 1 aromatic rings. The molecule has 1 saturated heterocycles. The SMILES string of the molecule is O=C([C@@H]1CCCO[C@@H]1CCc1ccccc1)C(F)(F)F. The minimum Gasteiger partial charge on any atom is -0.377 e. The van der Waals surface area contributed by atoms with Crippen molar-refractivity contribution in [2.75, 3.05) is 6.61 Å². The van der Waals surface area contributed by atoms with Gasteiger partial charge in [-0.1, -0.05) is 30.3 Å². The molecular weight excluding hydrogens is 269 g/mol. The monoisotopic (exact) mass is 286 g/mol. The smallest absolute Gasteiger partial charge is 0.377 e. The Morgan fingerprint density at radius 2 is 1.95 bits per heavy atom. The van der Waals surface area contributed by atoms with Crippen molar-refractivity contribution in [1.29, 1.82) is 0 Å². The van der Waals surface area contributed by atoms with Crippen molar-refractivity contribution in [3.63, 3.8) is 0 Å². The number of ether oxygens (including phenoxy) is 1. The van der Waals surface area contributed by atoms with Crippen LogP contribution in [0.4, 0.5) is 13.2 Å². The van der Waals surface area contributed by atoms with Gasteiger partial charge in [0.1, 0.15) is 0 Å². The number of alkyl halides is 3. The van der Waals surface area contributed by atoms with Gasteiger partial charge in [-0.15, -0.1) is 0 Å². The summed E-state index contributed by atoms with van der Waals surface area (Å²) in [6.07, 6.45) is -3.57. The number of carbonyl (C=O) groups excluding carboxylic acids is 1. The number of aryl methyl sites for hydroxylation is 1. The molecule has 110 valence electrons. The molecule has 2 rings (SSSR count). The zero-order chi connectivity index (χ0) is 14.6. The highest BCUT2D eigenvalue weighted by Gasteiger charge is 2.46. The first-order valence-corrected chi connectivity index (χ1v) is 6.75. The second-order valence-electron chi connectivity index (χ2n) is 5.04. The van der Waals surface area contributed by atoms with Gasteiger partial charge in [0, 0.05) is 6.61 Å². The lowest BCUT2D eigenvalue weighted by Gasteiger charge is -2.31. The van der Waals surface area contributed by atoms with Gasteiger partial charge in [-0.25, -0.2) is 0 Å². The molecule has 0 N–H and O–H groups in total. The lowest BCUT2D eigenvalue weighted by Crippen LogP contribution is -2.41. The predicted molar refractivity (Wildman–Crippen MR) is 68.3 cm³/mol. The molecule has 20 heavy (non-hydrogen) atoms. The normalized spacial score (nSPS) is 23.6. The fourth-order valence-corrected chi connectivity index (χ4v) is 2.59. The van der Waals surface area contributed by atoms with Gasteiger partial charge >= 0.3 is 6.18 Å². The standard InChI is InChI=1S/C15H17F3O2/c16-15(17,18)14(19)12-7-4-10-20-13(12)9-8-11-5-2-1-3-6-11/h1-3,5-6,12-13H,4,7-10H2/t12-,13-/m1/s1. The van der Waals surface area contributed by atoms with Gasteiger partial charge in [-0.2, -0.15) is 13.2 Å². The Morgan fingerprint density at radius 3 is 2.60 bits per heavy atom. The molecule has 2 nitrogen and oxygen atoms in total.